The molecule has 0 radical (unpaired) electrons. The average Bonchev–Trinajstić information content (AvgIpc) is 2.59. The zero-order valence-electron chi connectivity index (χ0n) is 16.5. The Balaban J connectivity index is 2.04. The molecule has 1 aliphatic heterocycles. The molecule has 0 saturated carbocycles. The third kappa shape index (κ3) is 10.1. The first kappa shape index (κ1) is 21.2. The molecule has 1 aliphatic rings. The van der Waals surface area contributed by atoms with Crippen LogP contribution in [0.25, 0.3) is 0 Å². The van der Waals surface area contributed by atoms with Gasteiger partial charge in [-0.15, -0.1) is 0 Å². The SMILES string of the molecule is CN=C(NCCCCCCCN(C)C)N(C)CCC1CCOCC1. The molecule has 0 aliphatic carbocycles. The molecule has 142 valence electrons. The highest BCUT2D eigenvalue weighted by molar-refractivity contribution is 5.79. The van der Waals surface area contributed by atoms with Gasteiger partial charge in [-0.05, 0) is 58.7 Å². The van der Waals surface area contributed by atoms with Gasteiger partial charge in [0.1, 0.15) is 0 Å². The van der Waals surface area contributed by atoms with Gasteiger partial charge in [-0.3, -0.25) is 4.99 Å². The Hall–Kier alpha value is -0.810. The van der Waals surface area contributed by atoms with Crippen LogP contribution in [-0.2, 0) is 4.74 Å². The Kier molecular flexibility index (Phi) is 11.9. The van der Waals surface area contributed by atoms with Gasteiger partial charge in [0.05, 0.1) is 0 Å². The first-order chi connectivity index (χ1) is 11.6. The second kappa shape index (κ2) is 13.5. The molecular weight excluding hydrogens is 300 g/mol. The topological polar surface area (TPSA) is 40.1 Å². The van der Waals surface area contributed by atoms with Crippen LogP contribution in [0.3, 0.4) is 0 Å². The van der Waals surface area contributed by atoms with Gasteiger partial charge in [-0.1, -0.05) is 19.3 Å². The van der Waals surface area contributed by atoms with E-state index in [4.69, 9.17) is 4.74 Å². The van der Waals surface area contributed by atoms with E-state index in [1.807, 2.05) is 7.05 Å². The zero-order chi connectivity index (χ0) is 17.6. The second-order valence-electron chi connectivity index (χ2n) is 7.31. The van der Waals surface area contributed by atoms with Gasteiger partial charge in [0.15, 0.2) is 5.96 Å². The van der Waals surface area contributed by atoms with Gasteiger partial charge in [0.2, 0.25) is 0 Å². The lowest BCUT2D eigenvalue weighted by Crippen LogP contribution is -2.40. The van der Waals surface area contributed by atoms with Gasteiger partial charge in [0, 0.05) is 40.4 Å². The van der Waals surface area contributed by atoms with Crippen molar-refractivity contribution in [2.75, 3.05) is 61.0 Å². The molecule has 0 unspecified atom stereocenters. The molecule has 0 spiro atoms. The fourth-order valence-corrected chi connectivity index (χ4v) is 3.19. The van der Waals surface area contributed by atoms with Crippen LogP contribution >= 0.6 is 0 Å². The highest BCUT2D eigenvalue weighted by Gasteiger charge is 2.15. The average molecular weight is 341 g/mol. The highest BCUT2D eigenvalue weighted by Crippen LogP contribution is 2.18. The third-order valence-corrected chi connectivity index (χ3v) is 4.85. The summed E-state index contributed by atoms with van der Waals surface area (Å²) >= 11 is 0. The highest BCUT2D eigenvalue weighted by atomic mass is 16.5. The monoisotopic (exact) mass is 340 g/mol. The molecule has 0 amide bonds. The minimum atomic E-state index is 0.821. The Morgan fingerprint density at radius 3 is 2.33 bits per heavy atom. The number of ether oxygens (including phenoxy) is 1. The Morgan fingerprint density at radius 2 is 1.67 bits per heavy atom. The molecule has 1 N–H and O–H groups in total. The van der Waals surface area contributed by atoms with Gasteiger partial charge in [-0.2, -0.15) is 0 Å². The molecule has 0 atom stereocenters. The summed E-state index contributed by atoms with van der Waals surface area (Å²) in [6, 6.07) is 0. The number of nitrogens with zero attached hydrogens (tertiary/aromatic N) is 3. The molecule has 1 fully saturated rings. The molecular formula is C19H40N4O. The lowest BCUT2D eigenvalue weighted by molar-refractivity contribution is 0.0625. The molecule has 0 aromatic carbocycles. The predicted molar refractivity (Wildman–Crippen MR) is 104 cm³/mol. The molecule has 5 nitrogen and oxygen atoms in total. The number of unbranched alkanes of at least 4 members (excludes halogenated alkanes) is 4. The van der Waals surface area contributed by atoms with E-state index in [2.05, 4.69) is 41.3 Å². The summed E-state index contributed by atoms with van der Waals surface area (Å²) in [4.78, 5) is 8.96. The Bertz CT molecular complexity index is 327. The summed E-state index contributed by atoms with van der Waals surface area (Å²) in [5.74, 6) is 1.86. The van der Waals surface area contributed by atoms with Gasteiger partial charge >= 0.3 is 0 Å². The van der Waals surface area contributed by atoms with Crippen molar-refractivity contribution in [2.24, 2.45) is 10.9 Å². The normalized spacial score (nSPS) is 16.6. The third-order valence-electron chi connectivity index (χ3n) is 4.85. The van der Waals surface area contributed by atoms with Crippen LogP contribution in [0.4, 0.5) is 0 Å². The molecule has 1 rings (SSSR count). The molecule has 5 heteroatoms. The maximum Gasteiger partial charge on any atom is 0.193 e. The number of aliphatic imine (C=N–C) groups is 1. The molecule has 0 aromatic rings. The molecule has 1 heterocycles. The lowest BCUT2D eigenvalue weighted by Gasteiger charge is -2.26. The lowest BCUT2D eigenvalue weighted by atomic mass is 9.96. The van der Waals surface area contributed by atoms with Crippen molar-refractivity contribution in [2.45, 2.75) is 51.4 Å². The molecule has 1 saturated heterocycles. The summed E-state index contributed by atoms with van der Waals surface area (Å²) < 4.78 is 5.44. The van der Waals surface area contributed by atoms with Crippen LogP contribution in [-0.4, -0.2) is 76.8 Å². The van der Waals surface area contributed by atoms with Crippen molar-refractivity contribution in [3.8, 4) is 0 Å². The Labute approximate surface area is 149 Å². The fourth-order valence-electron chi connectivity index (χ4n) is 3.19. The largest absolute Gasteiger partial charge is 0.381 e. The number of guanidine groups is 1. The summed E-state index contributed by atoms with van der Waals surface area (Å²) in [6.07, 6.45) is 10.2. The van der Waals surface area contributed by atoms with Crippen LogP contribution in [0.5, 0.6) is 0 Å². The van der Waals surface area contributed by atoms with E-state index in [1.54, 1.807) is 0 Å². The maximum atomic E-state index is 5.44. The van der Waals surface area contributed by atoms with Crippen molar-refractivity contribution >= 4 is 5.96 Å². The van der Waals surface area contributed by atoms with Gasteiger partial charge < -0.3 is 19.9 Å². The molecule has 24 heavy (non-hydrogen) atoms. The first-order valence-corrected chi connectivity index (χ1v) is 9.77. The minimum Gasteiger partial charge on any atom is -0.381 e. The van der Waals surface area contributed by atoms with E-state index in [0.717, 1.165) is 38.2 Å². The zero-order valence-corrected chi connectivity index (χ0v) is 16.5. The smallest absolute Gasteiger partial charge is 0.193 e. The molecule has 0 bridgehead atoms. The van der Waals surface area contributed by atoms with Crippen LogP contribution in [0, 0.1) is 5.92 Å². The quantitative estimate of drug-likeness (QED) is 0.357. The van der Waals surface area contributed by atoms with E-state index in [-0.39, 0.29) is 0 Å². The standard InChI is InChI=1S/C19H40N4O/c1-20-19(21-13-8-6-5-7-9-14-22(2)3)23(4)15-10-18-11-16-24-17-12-18/h18H,5-17H2,1-4H3,(H,20,21). The fraction of sp³-hybridized carbons (Fsp3) is 0.947. The second-order valence-corrected chi connectivity index (χ2v) is 7.31. The van der Waals surface area contributed by atoms with E-state index in [9.17, 15) is 0 Å². The summed E-state index contributed by atoms with van der Waals surface area (Å²) in [6.45, 7) is 5.20. The van der Waals surface area contributed by atoms with Gasteiger partial charge in [0.25, 0.3) is 0 Å². The van der Waals surface area contributed by atoms with Crippen LogP contribution in [0.1, 0.15) is 51.4 Å². The number of hydrogen-bond acceptors (Lipinski definition) is 3. The molecule has 0 aromatic heterocycles. The Morgan fingerprint density at radius 1 is 1.00 bits per heavy atom. The van der Waals surface area contributed by atoms with Crippen molar-refractivity contribution in [1.82, 2.24) is 15.1 Å². The minimum absolute atomic E-state index is 0.821. The van der Waals surface area contributed by atoms with Gasteiger partial charge in [-0.25, -0.2) is 0 Å². The number of hydrogen-bond donors (Lipinski definition) is 1. The summed E-state index contributed by atoms with van der Waals surface area (Å²) in [7, 11) is 8.33. The van der Waals surface area contributed by atoms with Crippen LogP contribution in [0.15, 0.2) is 4.99 Å². The summed E-state index contributed by atoms with van der Waals surface area (Å²) in [5.41, 5.74) is 0. The number of rotatable bonds is 11. The van der Waals surface area contributed by atoms with E-state index < -0.39 is 0 Å². The van der Waals surface area contributed by atoms with E-state index in [1.165, 1.54) is 57.9 Å². The van der Waals surface area contributed by atoms with Crippen LogP contribution < -0.4 is 5.32 Å². The first-order valence-electron chi connectivity index (χ1n) is 9.77. The maximum absolute atomic E-state index is 5.44. The predicted octanol–water partition coefficient (Wildman–Crippen LogP) is 2.82. The number of nitrogens with one attached hydrogen (secondary N) is 1. The van der Waals surface area contributed by atoms with Crippen molar-refractivity contribution in [3.63, 3.8) is 0 Å². The van der Waals surface area contributed by atoms with Crippen molar-refractivity contribution in [1.29, 1.82) is 0 Å². The van der Waals surface area contributed by atoms with Crippen LogP contribution in [0.2, 0.25) is 0 Å². The summed E-state index contributed by atoms with van der Waals surface area (Å²) in [5, 5.41) is 3.51. The van der Waals surface area contributed by atoms with Crippen molar-refractivity contribution in [3.05, 3.63) is 0 Å². The van der Waals surface area contributed by atoms with E-state index >= 15 is 0 Å². The van der Waals surface area contributed by atoms with E-state index in [0.29, 0.717) is 0 Å². The van der Waals surface area contributed by atoms with Crippen molar-refractivity contribution < 1.29 is 4.74 Å².